The van der Waals surface area contributed by atoms with Crippen LogP contribution in [0.1, 0.15) is 69.4 Å². The van der Waals surface area contributed by atoms with Crippen molar-refractivity contribution in [3.63, 3.8) is 0 Å². The second-order valence-corrected chi connectivity index (χ2v) is 9.04. The van der Waals surface area contributed by atoms with E-state index in [2.05, 4.69) is 54.7 Å². The molecule has 4 rings (SSSR count). The zero-order valence-electron chi connectivity index (χ0n) is 19.7. The molecule has 1 aliphatic heterocycles. The maximum absolute atomic E-state index is 11.6. The minimum Gasteiger partial charge on any atom is -0.466 e. The number of carbonyl (C=O) groups excluding carboxylic acids is 1. The van der Waals surface area contributed by atoms with E-state index in [1.54, 1.807) is 12.5 Å². The number of benzene rings is 1. The smallest absolute Gasteiger partial charge is 0.306 e. The average molecular weight is 450 g/mol. The summed E-state index contributed by atoms with van der Waals surface area (Å²) >= 11 is 0. The maximum atomic E-state index is 11.6. The molecule has 0 radical (unpaired) electrons. The molecule has 33 heavy (non-hydrogen) atoms. The third-order valence-electron chi connectivity index (χ3n) is 6.64. The van der Waals surface area contributed by atoms with Gasteiger partial charge in [0, 0.05) is 12.5 Å². The van der Waals surface area contributed by atoms with Gasteiger partial charge in [-0.2, -0.15) is 0 Å². The van der Waals surface area contributed by atoms with E-state index in [4.69, 9.17) is 14.2 Å². The van der Waals surface area contributed by atoms with Crippen LogP contribution in [-0.4, -0.2) is 24.7 Å². The summed E-state index contributed by atoms with van der Waals surface area (Å²) in [5.74, 6) is 2.08. The minimum atomic E-state index is -0.127. The third kappa shape index (κ3) is 6.38. The Balaban J connectivity index is 1.25. The van der Waals surface area contributed by atoms with E-state index >= 15 is 0 Å². The fourth-order valence-electron chi connectivity index (χ4n) is 4.78. The van der Waals surface area contributed by atoms with Crippen molar-refractivity contribution in [2.75, 3.05) is 6.61 Å². The molecule has 1 N–H and O–H groups in total. The highest BCUT2D eigenvalue weighted by Crippen LogP contribution is 2.35. The summed E-state index contributed by atoms with van der Waals surface area (Å²) in [6.45, 7) is 4.42. The zero-order valence-corrected chi connectivity index (χ0v) is 19.7. The lowest BCUT2D eigenvalue weighted by Gasteiger charge is -2.26. The van der Waals surface area contributed by atoms with Gasteiger partial charge in [0.05, 0.1) is 12.6 Å². The number of esters is 1. The van der Waals surface area contributed by atoms with Crippen LogP contribution >= 0.6 is 0 Å². The van der Waals surface area contributed by atoms with E-state index in [1.165, 1.54) is 23.1 Å². The minimum absolute atomic E-state index is 0.0856. The highest BCUT2D eigenvalue weighted by molar-refractivity contribution is 5.69. The van der Waals surface area contributed by atoms with E-state index in [0.717, 1.165) is 43.6 Å². The summed E-state index contributed by atoms with van der Waals surface area (Å²) in [7, 11) is 0. The third-order valence-corrected chi connectivity index (χ3v) is 6.64. The predicted molar refractivity (Wildman–Crippen MR) is 129 cm³/mol. The number of hydrogen-bond acceptors (Lipinski definition) is 5. The van der Waals surface area contributed by atoms with Gasteiger partial charge in [-0.15, -0.1) is 0 Å². The number of carbonyl (C=O) groups is 1. The lowest BCUT2D eigenvalue weighted by atomic mass is 9.95. The molecule has 5 nitrogen and oxygen atoms in total. The Morgan fingerprint density at radius 1 is 1.21 bits per heavy atom. The van der Waals surface area contributed by atoms with E-state index < -0.39 is 0 Å². The van der Waals surface area contributed by atoms with Crippen LogP contribution in [-0.2, 0) is 25.4 Å². The molecule has 3 atom stereocenters. The van der Waals surface area contributed by atoms with Crippen LogP contribution in [0.25, 0.3) is 0 Å². The number of nitrogens with one attached hydrogen (secondary N) is 1. The van der Waals surface area contributed by atoms with Gasteiger partial charge in [0.1, 0.15) is 12.5 Å². The molecule has 5 heteroatoms. The Morgan fingerprint density at radius 3 is 2.82 bits per heavy atom. The summed E-state index contributed by atoms with van der Waals surface area (Å²) < 4.78 is 16.8. The summed E-state index contributed by atoms with van der Waals surface area (Å²) in [6.07, 6.45) is 16.4. The molecule has 1 heterocycles. The lowest BCUT2D eigenvalue weighted by molar-refractivity contribution is -0.143. The van der Waals surface area contributed by atoms with Crippen molar-refractivity contribution in [2.45, 2.75) is 76.8 Å². The number of ether oxygens (including phenoxy) is 3. The molecule has 0 amide bonds. The first kappa shape index (κ1) is 23.4. The fourth-order valence-corrected chi connectivity index (χ4v) is 4.78. The summed E-state index contributed by atoms with van der Waals surface area (Å²) in [6, 6.07) is 9.28. The predicted octanol–water partition coefficient (Wildman–Crippen LogP) is 5.80. The average Bonchev–Trinajstić information content (AvgIpc) is 3.32. The Hall–Kier alpha value is -2.79. The van der Waals surface area contributed by atoms with Gasteiger partial charge in [-0.3, -0.25) is 4.79 Å². The van der Waals surface area contributed by atoms with Gasteiger partial charge in [-0.25, -0.2) is 0 Å². The Bertz CT molecular complexity index is 941. The molecule has 3 aliphatic rings. The van der Waals surface area contributed by atoms with Crippen LogP contribution in [0.2, 0.25) is 0 Å². The first-order valence-electron chi connectivity index (χ1n) is 12.2. The summed E-state index contributed by atoms with van der Waals surface area (Å²) in [5, 5.41) is 3.74. The van der Waals surface area contributed by atoms with Gasteiger partial charge in [-0.1, -0.05) is 42.5 Å². The summed E-state index contributed by atoms with van der Waals surface area (Å²) in [5.41, 5.74) is 3.75. The number of hydrogen-bond donors (Lipinski definition) is 1. The molecule has 1 fully saturated rings. The molecule has 176 valence electrons. The van der Waals surface area contributed by atoms with Crippen LogP contribution in [0.3, 0.4) is 0 Å². The molecule has 2 aliphatic carbocycles. The largest absolute Gasteiger partial charge is 0.466 e. The Labute approximate surface area is 197 Å². The second-order valence-electron chi connectivity index (χ2n) is 9.04. The highest BCUT2D eigenvalue weighted by atomic mass is 16.5. The monoisotopic (exact) mass is 449 g/mol. The molecule has 1 aromatic rings. The molecular weight excluding hydrogens is 414 g/mol. The van der Waals surface area contributed by atoms with Gasteiger partial charge >= 0.3 is 5.97 Å². The Morgan fingerprint density at radius 2 is 2.06 bits per heavy atom. The zero-order chi connectivity index (χ0) is 23.0. The van der Waals surface area contributed by atoms with Crippen molar-refractivity contribution in [1.82, 2.24) is 5.32 Å². The topological polar surface area (TPSA) is 56.8 Å². The number of aryl methyl sites for hydroxylation is 1. The maximum Gasteiger partial charge on any atom is 0.306 e. The van der Waals surface area contributed by atoms with Crippen LogP contribution in [0.4, 0.5) is 0 Å². The first-order valence-corrected chi connectivity index (χ1v) is 12.2. The van der Waals surface area contributed by atoms with Crippen molar-refractivity contribution >= 4 is 5.97 Å². The molecule has 1 saturated carbocycles. The second kappa shape index (κ2) is 11.4. The molecule has 0 bridgehead atoms. The van der Waals surface area contributed by atoms with Crippen LogP contribution in [0, 0.1) is 0 Å². The van der Waals surface area contributed by atoms with Crippen molar-refractivity contribution < 1.29 is 19.0 Å². The van der Waals surface area contributed by atoms with Gasteiger partial charge in [0.15, 0.2) is 11.5 Å². The molecule has 0 saturated heterocycles. The van der Waals surface area contributed by atoms with Gasteiger partial charge in [0.25, 0.3) is 0 Å². The molecular formula is C28H35NO4. The van der Waals surface area contributed by atoms with Crippen LogP contribution in [0.5, 0.6) is 0 Å². The van der Waals surface area contributed by atoms with E-state index in [9.17, 15) is 4.79 Å². The van der Waals surface area contributed by atoms with E-state index in [0.29, 0.717) is 25.0 Å². The number of allylic oxidation sites excluding steroid dienone is 4. The fraction of sp³-hybridized carbons (Fsp3) is 0.464. The van der Waals surface area contributed by atoms with Crippen molar-refractivity contribution in [3.05, 3.63) is 83.2 Å². The van der Waals surface area contributed by atoms with Gasteiger partial charge in [-0.05, 0) is 75.0 Å². The van der Waals surface area contributed by atoms with Crippen LogP contribution < -0.4 is 5.32 Å². The lowest BCUT2D eigenvalue weighted by Crippen LogP contribution is -2.37. The first-order chi connectivity index (χ1) is 16.1. The number of rotatable bonds is 9. The van der Waals surface area contributed by atoms with E-state index in [1.807, 2.05) is 6.92 Å². The van der Waals surface area contributed by atoms with Crippen molar-refractivity contribution in [3.8, 4) is 0 Å². The molecule has 1 aromatic carbocycles. The van der Waals surface area contributed by atoms with E-state index in [-0.39, 0.29) is 12.0 Å². The summed E-state index contributed by atoms with van der Waals surface area (Å²) in [4.78, 5) is 11.6. The van der Waals surface area contributed by atoms with Crippen molar-refractivity contribution in [1.29, 1.82) is 0 Å². The molecule has 0 aromatic heterocycles. The highest BCUT2D eigenvalue weighted by Gasteiger charge is 2.29. The van der Waals surface area contributed by atoms with Gasteiger partial charge in [0.2, 0.25) is 0 Å². The van der Waals surface area contributed by atoms with Crippen molar-refractivity contribution in [2.24, 2.45) is 0 Å². The SMILES string of the molecule is CCOC(=O)CCc1ccc(C2CCC(NC(C)C3=COC=C(C4=CC=CCC4)O3)C2)cc1. The van der Waals surface area contributed by atoms with Gasteiger partial charge < -0.3 is 19.5 Å². The Kier molecular flexibility index (Phi) is 8.05. The van der Waals surface area contributed by atoms with Crippen LogP contribution in [0.15, 0.2) is 72.1 Å². The quantitative estimate of drug-likeness (QED) is 0.483. The molecule has 0 spiro atoms. The normalized spacial score (nSPS) is 23.0. The molecule has 3 unspecified atom stereocenters. The standard InChI is InChI=1S/C28H35NO4/c1-3-32-28(30)16-11-21-9-12-22(13-10-21)24-14-15-25(17-24)29-20(2)26-18-31-19-27(33-26)23-7-5-4-6-8-23/h4-5,7,9-10,12-13,18-20,24-25,29H,3,6,8,11,14-17H2,1-2H3.